The van der Waals surface area contributed by atoms with Crippen LogP contribution in [0, 0.1) is 6.92 Å². The zero-order valence-electron chi connectivity index (χ0n) is 9.99. The maximum atomic E-state index is 4.53. The lowest BCUT2D eigenvalue weighted by atomic mass is 10.1. The predicted octanol–water partition coefficient (Wildman–Crippen LogP) is 2.11. The first kappa shape index (κ1) is 10.9. The van der Waals surface area contributed by atoms with E-state index >= 15 is 0 Å². The topological polar surface area (TPSA) is 29.9 Å². The van der Waals surface area contributed by atoms with E-state index in [-0.39, 0.29) is 0 Å². The molecule has 84 valence electrons. The lowest BCUT2D eigenvalue weighted by molar-refractivity contribution is 0.715. The minimum absolute atomic E-state index is 0.812. The van der Waals surface area contributed by atoms with E-state index < -0.39 is 0 Å². The number of hydrogen-bond donors (Lipinski definition) is 1. The van der Waals surface area contributed by atoms with Gasteiger partial charge in [-0.15, -0.1) is 0 Å². The van der Waals surface area contributed by atoms with Crippen molar-refractivity contribution >= 4 is 0 Å². The van der Waals surface area contributed by atoms with E-state index in [9.17, 15) is 0 Å². The molecule has 2 aromatic rings. The molecule has 0 amide bonds. The van der Waals surface area contributed by atoms with Crippen molar-refractivity contribution in [3.8, 4) is 11.3 Å². The third kappa shape index (κ3) is 1.86. The van der Waals surface area contributed by atoms with Crippen molar-refractivity contribution < 1.29 is 0 Å². The Kier molecular flexibility index (Phi) is 3.06. The number of benzene rings is 1. The maximum Gasteiger partial charge on any atom is 0.0797 e. The van der Waals surface area contributed by atoms with Crippen molar-refractivity contribution in [2.75, 3.05) is 7.05 Å². The van der Waals surface area contributed by atoms with E-state index in [0.717, 1.165) is 12.2 Å². The lowest BCUT2D eigenvalue weighted by Gasteiger charge is -2.03. The Bertz CT molecular complexity index is 471. The van der Waals surface area contributed by atoms with Gasteiger partial charge in [0.25, 0.3) is 0 Å². The Morgan fingerprint density at radius 1 is 1.25 bits per heavy atom. The highest BCUT2D eigenvalue weighted by Crippen LogP contribution is 2.24. The molecule has 0 bridgehead atoms. The summed E-state index contributed by atoms with van der Waals surface area (Å²) in [7, 11) is 3.94. The van der Waals surface area contributed by atoms with Gasteiger partial charge in [-0.2, -0.15) is 5.10 Å². The summed E-state index contributed by atoms with van der Waals surface area (Å²) in [4.78, 5) is 0. The van der Waals surface area contributed by atoms with Gasteiger partial charge in [-0.1, -0.05) is 30.3 Å². The van der Waals surface area contributed by atoms with E-state index in [1.165, 1.54) is 16.8 Å². The fraction of sp³-hybridized carbons (Fsp3) is 0.308. The fourth-order valence-electron chi connectivity index (χ4n) is 2.02. The van der Waals surface area contributed by atoms with Gasteiger partial charge in [0.15, 0.2) is 0 Å². The largest absolute Gasteiger partial charge is 0.314 e. The summed E-state index contributed by atoms with van der Waals surface area (Å²) in [6.45, 7) is 2.94. The van der Waals surface area contributed by atoms with Crippen molar-refractivity contribution in [2.24, 2.45) is 7.05 Å². The van der Waals surface area contributed by atoms with Crippen LogP contribution in [0.2, 0.25) is 0 Å². The molecule has 0 aliphatic carbocycles. The summed E-state index contributed by atoms with van der Waals surface area (Å²) < 4.78 is 1.96. The normalized spacial score (nSPS) is 10.7. The van der Waals surface area contributed by atoms with Gasteiger partial charge >= 0.3 is 0 Å². The molecular weight excluding hydrogens is 198 g/mol. The maximum absolute atomic E-state index is 4.53. The molecule has 1 N–H and O–H groups in total. The van der Waals surface area contributed by atoms with Crippen molar-refractivity contribution in [3.05, 3.63) is 41.6 Å². The van der Waals surface area contributed by atoms with Gasteiger partial charge in [-0.3, -0.25) is 4.68 Å². The van der Waals surface area contributed by atoms with Crippen molar-refractivity contribution in [3.63, 3.8) is 0 Å². The summed E-state index contributed by atoms with van der Waals surface area (Å²) in [6.07, 6.45) is 0. The highest BCUT2D eigenvalue weighted by molar-refractivity contribution is 5.64. The van der Waals surface area contributed by atoms with Crippen molar-refractivity contribution in [2.45, 2.75) is 13.5 Å². The Balaban J connectivity index is 2.49. The van der Waals surface area contributed by atoms with E-state index in [2.05, 4.69) is 41.6 Å². The Morgan fingerprint density at radius 2 is 1.94 bits per heavy atom. The summed E-state index contributed by atoms with van der Waals surface area (Å²) in [5.41, 5.74) is 4.79. The fourth-order valence-corrected chi connectivity index (χ4v) is 2.02. The Labute approximate surface area is 96.1 Å². The van der Waals surface area contributed by atoms with Crippen LogP contribution in [0.3, 0.4) is 0 Å². The van der Waals surface area contributed by atoms with Crippen LogP contribution in [0.15, 0.2) is 30.3 Å². The molecule has 3 heteroatoms. The van der Waals surface area contributed by atoms with Gasteiger partial charge < -0.3 is 5.32 Å². The third-order valence-corrected chi connectivity index (χ3v) is 2.77. The first-order valence-corrected chi connectivity index (χ1v) is 5.46. The molecule has 0 spiro atoms. The molecule has 1 heterocycles. The second-order valence-electron chi connectivity index (χ2n) is 3.94. The molecule has 1 aromatic carbocycles. The standard InChI is InChI=1S/C13H17N3/c1-10-12(9-14-2)15-16(3)13(10)11-7-5-4-6-8-11/h4-8,14H,9H2,1-3H3. The average Bonchev–Trinajstić information content (AvgIpc) is 2.56. The van der Waals surface area contributed by atoms with Gasteiger partial charge in [0.1, 0.15) is 0 Å². The number of aryl methyl sites for hydroxylation is 1. The van der Waals surface area contributed by atoms with Crippen LogP contribution in [0.4, 0.5) is 0 Å². The lowest BCUT2D eigenvalue weighted by Crippen LogP contribution is -2.06. The molecule has 0 aliphatic heterocycles. The highest BCUT2D eigenvalue weighted by Gasteiger charge is 2.12. The van der Waals surface area contributed by atoms with Gasteiger partial charge in [0, 0.05) is 19.2 Å². The Hall–Kier alpha value is -1.61. The van der Waals surface area contributed by atoms with Gasteiger partial charge in [0.2, 0.25) is 0 Å². The quantitative estimate of drug-likeness (QED) is 0.850. The summed E-state index contributed by atoms with van der Waals surface area (Å²) >= 11 is 0. The van der Waals surface area contributed by atoms with E-state index in [4.69, 9.17) is 0 Å². The first-order valence-electron chi connectivity index (χ1n) is 5.46. The second-order valence-corrected chi connectivity index (χ2v) is 3.94. The molecular formula is C13H17N3. The second kappa shape index (κ2) is 4.49. The van der Waals surface area contributed by atoms with Crippen molar-refractivity contribution in [1.82, 2.24) is 15.1 Å². The molecule has 0 unspecified atom stereocenters. The van der Waals surface area contributed by atoms with Crippen LogP contribution in [0.5, 0.6) is 0 Å². The number of nitrogens with zero attached hydrogens (tertiary/aromatic N) is 2. The summed E-state index contributed by atoms with van der Waals surface area (Å²) in [6, 6.07) is 10.4. The van der Waals surface area contributed by atoms with Crippen LogP contribution in [-0.4, -0.2) is 16.8 Å². The zero-order chi connectivity index (χ0) is 11.5. The molecule has 1 aromatic heterocycles. The van der Waals surface area contributed by atoms with Gasteiger partial charge in [-0.25, -0.2) is 0 Å². The smallest absolute Gasteiger partial charge is 0.0797 e. The van der Waals surface area contributed by atoms with Crippen LogP contribution in [0.25, 0.3) is 11.3 Å². The molecule has 0 radical (unpaired) electrons. The minimum Gasteiger partial charge on any atom is -0.314 e. The summed E-state index contributed by atoms with van der Waals surface area (Å²) in [5.74, 6) is 0. The third-order valence-electron chi connectivity index (χ3n) is 2.77. The predicted molar refractivity (Wildman–Crippen MR) is 66.1 cm³/mol. The highest BCUT2D eigenvalue weighted by atomic mass is 15.3. The molecule has 0 saturated heterocycles. The monoisotopic (exact) mass is 215 g/mol. The van der Waals surface area contributed by atoms with Gasteiger partial charge in [0.05, 0.1) is 11.4 Å². The van der Waals surface area contributed by atoms with Crippen LogP contribution >= 0.6 is 0 Å². The van der Waals surface area contributed by atoms with Gasteiger partial charge in [-0.05, 0) is 19.5 Å². The van der Waals surface area contributed by atoms with Crippen LogP contribution in [0.1, 0.15) is 11.3 Å². The first-order chi connectivity index (χ1) is 7.74. The van der Waals surface area contributed by atoms with Crippen LogP contribution in [-0.2, 0) is 13.6 Å². The molecule has 0 atom stereocenters. The minimum atomic E-state index is 0.812. The molecule has 2 rings (SSSR count). The number of aromatic nitrogens is 2. The summed E-state index contributed by atoms with van der Waals surface area (Å²) in [5, 5.41) is 7.67. The van der Waals surface area contributed by atoms with Crippen LogP contribution < -0.4 is 5.32 Å². The van der Waals surface area contributed by atoms with Crippen molar-refractivity contribution in [1.29, 1.82) is 0 Å². The molecule has 0 fully saturated rings. The molecule has 0 aliphatic rings. The van der Waals surface area contributed by atoms with E-state index in [0.29, 0.717) is 0 Å². The molecule has 3 nitrogen and oxygen atoms in total. The zero-order valence-corrected chi connectivity index (χ0v) is 9.99. The Morgan fingerprint density at radius 3 is 2.56 bits per heavy atom. The van der Waals surface area contributed by atoms with E-state index in [1.54, 1.807) is 0 Å². The number of hydrogen-bond acceptors (Lipinski definition) is 2. The number of nitrogens with one attached hydrogen (secondary N) is 1. The average molecular weight is 215 g/mol. The SMILES string of the molecule is CNCc1nn(C)c(-c2ccccc2)c1C. The number of rotatable bonds is 3. The molecule has 0 saturated carbocycles. The molecule has 16 heavy (non-hydrogen) atoms. The van der Waals surface area contributed by atoms with E-state index in [1.807, 2.05) is 24.8 Å².